The number of benzene rings is 2. The van der Waals surface area contributed by atoms with Crippen LogP contribution in [0.15, 0.2) is 36.4 Å². The number of hydrogen-bond donors (Lipinski definition) is 1. The monoisotopic (exact) mass is 261 g/mol. The topological polar surface area (TPSA) is 21.3 Å². The maximum Gasteiger partial charge on any atom is 0.144 e. The number of fused-ring (bicyclic) bond motifs is 1. The molecule has 3 rings (SSSR count). The number of hydrogen-bond acceptors (Lipinski definition) is 2. The Labute approximate surface area is 110 Å². The van der Waals surface area contributed by atoms with Crippen molar-refractivity contribution in [1.29, 1.82) is 0 Å². The number of halogens is 2. The first-order valence-corrected chi connectivity index (χ1v) is 6.09. The van der Waals surface area contributed by atoms with Crippen LogP contribution in [-0.4, -0.2) is 6.54 Å². The molecule has 1 aliphatic rings. The highest BCUT2D eigenvalue weighted by Gasteiger charge is 2.23. The summed E-state index contributed by atoms with van der Waals surface area (Å²) in [5, 5.41) is 3.19. The van der Waals surface area contributed by atoms with E-state index in [2.05, 4.69) is 5.32 Å². The first kappa shape index (κ1) is 12.0. The Bertz CT molecular complexity index is 628. The van der Waals surface area contributed by atoms with Gasteiger partial charge < -0.3 is 10.1 Å². The number of nitrogens with one attached hydrogen (secondary N) is 1. The van der Waals surface area contributed by atoms with Crippen LogP contribution < -0.4 is 10.1 Å². The average Bonchev–Trinajstić information content (AvgIpc) is 2.38. The Morgan fingerprint density at radius 2 is 2.00 bits per heavy atom. The van der Waals surface area contributed by atoms with E-state index in [1.807, 2.05) is 25.1 Å². The summed E-state index contributed by atoms with van der Waals surface area (Å²) in [5.41, 5.74) is 2.33. The zero-order valence-electron chi connectivity index (χ0n) is 10.4. The maximum atomic E-state index is 13.7. The first-order valence-electron chi connectivity index (χ1n) is 6.09. The van der Waals surface area contributed by atoms with Gasteiger partial charge in [-0.1, -0.05) is 6.07 Å². The fourth-order valence-electron chi connectivity index (χ4n) is 2.21. The third-order valence-corrected chi connectivity index (χ3v) is 3.19. The van der Waals surface area contributed by atoms with Crippen LogP contribution in [0.4, 0.5) is 14.5 Å². The molecule has 2 aromatic rings. The molecule has 0 saturated carbocycles. The minimum absolute atomic E-state index is 0.362. The lowest BCUT2D eigenvalue weighted by molar-refractivity contribution is 0.205. The fraction of sp³-hybridized carbons (Fsp3) is 0.200. The van der Waals surface area contributed by atoms with Crippen LogP contribution in [0.3, 0.4) is 0 Å². The van der Waals surface area contributed by atoms with E-state index in [-0.39, 0.29) is 0 Å². The van der Waals surface area contributed by atoms with Crippen molar-refractivity contribution in [2.24, 2.45) is 0 Å². The molecular weight excluding hydrogens is 248 g/mol. The Hall–Kier alpha value is -2.10. The van der Waals surface area contributed by atoms with Crippen molar-refractivity contribution >= 4 is 5.69 Å². The second kappa shape index (κ2) is 4.53. The molecule has 0 spiro atoms. The van der Waals surface area contributed by atoms with Crippen LogP contribution in [0, 0.1) is 18.6 Å². The Balaban J connectivity index is 1.93. The number of anilines is 1. The fourth-order valence-corrected chi connectivity index (χ4v) is 2.21. The maximum absolute atomic E-state index is 13.7. The largest absolute Gasteiger partial charge is 0.482 e. The number of rotatable bonds is 1. The van der Waals surface area contributed by atoms with Gasteiger partial charge in [-0.2, -0.15) is 0 Å². The predicted octanol–water partition coefficient (Wildman–Crippen LogP) is 3.82. The molecule has 98 valence electrons. The van der Waals surface area contributed by atoms with Gasteiger partial charge in [0.1, 0.15) is 23.5 Å². The smallest absolute Gasteiger partial charge is 0.144 e. The normalized spacial score (nSPS) is 17.3. The number of ether oxygens (including phenoxy) is 1. The van der Waals surface area contributed by atoms with E-state index in [0.717, 1.165) is 17.3 Å². The van der Waals surface area contributed by atoms with E-state index >= 15 is 0 Å². The van der Waals surface area contributed by atoms with Gasteiger partial charge >= 0.3 is 0 Å². The SMILES string of the molecule is Cc1ccc2c(c1)OC(c1ccc(F)cc1F)CN2. The average molecular weight is 261 g/mol. The van der Waals surface area contributed by atoms with E-state index in [9.17, 15) is 8.78 Å². The Kier molecular flexibility index (Phi) is 2.85. The van der Waals surface area contributed by atoms with E-state index in [1.54, 1.807) is 0 Å². The molecule has 0 aliphatic carbocycles. The summed E-state index contributed by atoms with van der Waals surface area (Å²) in [7, 11) is 0. The molecule has 0 aromatic heterocycles. The summed E-state index contributed by atoms with van der Waals surface area (Å²) in [5.74, 6) is -0.468. The van der Waals surface area contributed by atoms with Crippen molar-refractivity contribution in [2.75, 3.05) is 11.9 Å². The molecular formula is C15H13F2NO. The second-order valence-corrected chi connectivity index (χ2v) is 4.65. The molecule has 1 heterocycles. The van der Waals surface area contributed by atoms with Crippen molar-refractivity contribution in [1.82, 2.24) is 0 Å². The summed E-state index contributed by atoms with van der Waals surface area (Å²) in [6, 6.07) is 9.36. The minimum atomic E-state index is -0.582. The molecule has 0 amide bonds. The molecule has 2 aromatic carbocycles. The van der Waals surface area contributed by atoms with Crippen LogP contribution in [0.2, 0.25) is 0 Å². The lowest BCUT2D eigenvalue weighted by atomic mass is 10.1. The summed E-state index contributed by atoms with van der Waals surface area (Å²) in [6.45, 7) is 2.42. The van der Waals surface area contributed by atoms with E-state index in [1.165, 1.54) is 12.1 Å². The third kappa shape index (κ3) is 2.26. The lowest BCUT2D eigenvalue weighted by Gasteiger charge is -2.28. The van der Waals surface area contributed by atoms with Crippen molar-refractivity contribution < 1.29 is 13.5 Å². The van der Waals surface area contributed by atoms with Gasteiger partial charge in [0.15, 0.2) is 0 Å². The third-order valence-electron chi connectivity index (χ3n) is 3.19. The van der Waals surface area contributed by atoms with E-state index in [0.29, 0.717) is 17.9 Å². The van der Waals surface area contributed by atoms with Crippen molar-refractivity contribution in [3.63, 3.8) is 0 Å². The van der Waals surface area contributed by atoms with Gasteiger partial charge in [-0.3, -0.25) is 0 Å². The molecule has 1 unspecified atom stereocenters. The van der Waals surface area contributed by atoms with Crippen LogP contribution >= 0.6 is 0 Å². The Morgan fingerprint density at radius 1 is 1.16 bits per heavy atom. The molecule has 1 aliphatic heterocycles. The molecule has 0 bridgehead atoms. The molecule has 0 radical (unpaired) electrons. The predicted molar refractivity (Wildman–Crippen MR) is 69.4 cm³/mol. The first-order chi connectivity index (χ1) is 9.13. The number of aryl methyl sites for hydroxylation is 1. The van der Waals surface area contributed by atoms with Gasteiger partial charge in [0, 0.05) is 11.6 Å². The molecule has 19 heavy (non-hydrogen) atoms. The highest BCUT2D eigenvalue weighted by Crippen LogP contribution is 2.35. The second-order valence-electron chi connectivity index (χ2n) is 4.65. The van der Waals surface area contributed by atoms with Crippen molar-refractivity contribution in [2.45, 2.75) is 13.0 Å². The van der Waals surface area contributed by atoms with E-state index < -0.39 is 17.7 Å². The standard InChI is InChI=1S/C15H13F2NO/c1-9-2-5-13-14(6-9)19-15(8-18-13)11-4-3-10(16)7-12(11)17/h2-7,15,18H,8H2,1H3. The lowest BCUT2D eigenvalue weighted by Crippen LogP contribution is -2.24. The Morgan fingerprint density at radius 3 is 2.79 bits per heavy atom. The van der Waals surface area contributed by atoms with Gasteiger partial charge in [-0.15, -0.1) is 0 Å². The summed E-state index contributed by atoms with van der Waals surface area (Å²) < 4.78 is 32.4. The molecule has 2 nitrogen and oxygen atoms in total. The van der Waals surface area contributed by atoms with Crippen LogP contribution in [0.1, 0.15) is 17.2 Å². The molecule has 1 atom stereocenters. The molecule has 1 N–H and O–H groups in total. The molecule has 0 fully saturated rings. The summed E-state index contributed by atoms with van der Waals surface area (Å²) in [6.07, 6.45) is -0.449. The van der Waals surface area contributed by atoms with Gasteiger partial charge in [-0.05, 0) is 36.8 Å². The van der Waals surface area contributed by atoms with Crippen LogP contribution in [0.25, 0.3) is 0 Å². The molecule has 4 heteroatoms. The van der Waals surface area contributed by atoms with Crippen molar-refractivity contribution in [3.05, 3.63) is 59.2 Å². The zero-order chi connectivity index (χ0) is 13.4. The van der Waals surface area contributed by atoms with Crippen LogP contribution in [0.5, 0.6) is 5.75 Å². The molecule has 0 saturated heterocycles. The van der Waals surface area contributed by atoms with Gasteiger partial charge in [0.2, 0.25) is 0 Å². The van der Waals surface area contributed by atoms with Gasteiger partial charge in [0.05, 0.1) is 12.2 Å². The minimum Gasteiger partial charge on any atom is -0.482 e. The van der Waals surface area contributed by atoms with Crippen molar-refractivity contribution in [3.8, 4) is 5.75 Å². The van der Waals surface area contributed by atoms with Crippen LogP contribution in [-0.2, 0) is 0 Å². The zero-order valence-corrected chi connectivity index (χ0v) is 10.4. The van der Waals surface area contributed by atoms with Gasteiger partial charge in [0.25, 0.3) is 0 Å². The quantitative estimate of drug-likeness (QED) is 0.842. The van der Waals surface area contributed by atoms with Gasteiger partial charge in [-0.25, -0.2) is 8.78 Å². The van der Waals surface area contributed by atoms with E-state index in [4.69, 9.17) is 4.74 Å². The highest BCUT2D eigenvalue weighted by atomic mass is 19.1. The highest BCUT2D eigenvalue weighted by molar-refractivity contribution is 5.59. The summed E-state index contributed by atoms with van der Waals surface area (Å²) >= 11 is 0. The summed E-state index contributed by atoms with van der Waals surface area (Å²) in [4.78, 5) is 0.